The fourth-order valence-electron chi connectivity index (χ4n) is 2.36. The molecule has 1 aromatic rings. The Balaban J connectivity index is 2.48. The summed E-state index contributed by atoms with van der Waals surface area (Å²) < 4.78 is 30.0. The molecular weight excluding hydrogens is 388 g/mol. The number of nitrogens with one attached hydrogen (secondary N) is 2. The lowest BCUT2D eigenvalue weighted by molar-refractivity contribution is 0.414. The zero-order valence-corrected chi connectivity index (χ0v) is 18.2. The third-order valence-electron chi connectivity index (χ3n) is 4.03. The average molecular weight is 419 g/mol. The number of aliphatic imine (C=N–C) groups is 1. The molecule has 0 amide bonds. The summed E-state index contributed by atoms with van der Waals surface area (Å²) in [6, 6.07) is 5.65. The zero-order chi connectivity index (χ0) is 20.3. The topological polar surface area (TPSA) is 83.0 Å². The lowest BCUT2D eigenvalue weighted by Gasteiger charge is -2.15. The van der Waals surface area contributed by atoms with E-state index in [9.17, 15) is 8.42 Å². The van der Waals surface area contributed by atoms with Gasteiger partial charge in [0.05, 0.1) is 12.9 Å². The van der Waals surface area contributed by atoms with E-state index in [4.69, 9.17) is 16.3 Å². The molecule has 154 valence electrons. The van der Waals surface area contributed by atoms with Crippen molar-refractivity contribution in [3.63, 3.8) is 0 Å². The van der Waals surface area contributed by atoms with Gasteiger partial charge in [-0.05, 0) is 44.4 Å². The maximum Gasteiger partial charge on any atom is 0.213 e. The van der Waals surface area contributed by atoms with E-state index in [-0.39, 0.29) is 5.75 Å². The molecule has 27 heavy (non-hydrogen) atoms. The normalized spacial score (nSPS) is 12.3. The number of sulfonamides is 1. The molecule has 0 fully saturated rings. The van der Waals surface area contributed by atoms with Crippen molar-refractivity contribution in [3.8, 4) is 5.75 Å². The van der Waals surface area contributed by atoms with Crippen LogP contribution < -0.4 is 15.4 Å². The minimum Gasteiger partial charge on any atom is -0.497 e. The first-order chi connectivity index (χ1) is 12.8. The SMILES string of the molecule is CCNC(=NCCCN(C)S(=O)(=O)CC)NCCc1ccc(OC)cc1Cl. The molecule has 0 spiro atoms. The highest BCUT2D eigenvalue weighted by Crippen LogP contribution is 2.22. The van der Waals surface area contributed by atoms with Crippen molar-refractivity contribution < 1.29 is 13.2 Å². The second kappa shape index (κ2) is 12.0. The van der Waals surface area contributed by atoms with Crippen LogP contribution in [0.2, 0.25) is 5.02 Å². The van der Waals surface area contributed by atoms with Gasteiger partial charge in [0.1, 0.15) is 5.75 Å². The lowest BCUT2D eigenvalue weighted by atomic mass is 10.1. The van der Waals surface area contributed by atoms with Crippen molar-refractivity contribution >= 4 is 27.6 Å². The van der Waals surface area contributed by atoms with Crippen molar-refractivity contribution in [2.24, 2.45) is 4.99 Å². The van der Waals surface area contributed by atoms with Crippen LogP contribution in [0, 0.1) is 0 Å². The standard InChI is InChI=1S/C18H31ClN4O3S/c1-5-20-18(21-11-7-13-23(3)27(24,25)6-2)22-12-10-15-8-9-16(26-4)14-17(15)19/h8-9,14H,5-7,10-13H2,1-4H3,(H2,20,21,22). The Morgan fingerprint density at radius 2 is 2.04 bits per heavy atom. The molecule has 7 nitrogen and oxygen atoms in total. The van der Waals surface area contributed by atoms with Crippen LogP contribution in [-0.2, 0) is 16.4 Å². The lowest BCUT2D eigenvalue weighted by Crippen LogP contribution is -2.38. The zero-order valence-electron chi connectivity index (χ0n) is 16.6. The highest BCUT2D eigenvalue weighted by Gasteiger charge is 2.13. The molecular formula is C18H31ClN4O3S. The fourth-order valence-corrected chi connectivity index (χ4v) is 3.47. The minimum atomic E-state index is -3.13. The van der Waals surface area contributed by atoms with Crippen molar-refractivity contribution in [2.75, 3.05) is 46.1 Å². The number of ether oxygens (including phenoxy) is 1. The summed E-state index contributed by atoms with van der Waals surface area (Å²) in [6.45, 7) is 6.08. The maximum absolute atomic E-state index is 11.7. The van der Waals surface area contributed by atoms with Crippen molar-refractivity contribution in [1.29, 1.82) is 0 Å². The molecule has 0 aromatic heterocycles. The molecule has 0 aliphatic carbocycles. The number of hydrogen-bond donors (Lipinski definition) is 2. The number of halogens is 1. The molecule has 1 rings (SSSR count). The van der Waals surface area contributed by atoms with Gasteiger partial charge in [-0.2, -0.15) is 0 Å². The molecule has 0 bridgehead atoms. The molecule has 2 N–H and O–H groups in total. The minimum absolute atomic E-state index is 0.116. The largest absolute Gasteiger partial charge is 0.497 e. The van der Waals surface area contributed by atoms with E-state index in [1.807, 2.05) is 19.1 Å². The second-order valence-corrected chi connectivity index (χ2v) is 8.74. The predicted molar refractivity (Wildman–Crippen MR) is 112 cm³/mol. The Hall–Kier alpha value is -1.51. The predicted octanol–water partition coefficient (Wildman–Crippen LogP) is 2.12. The molecule has 0 aliphatic rings. The summed E-state index contributed by atoms with van der Waals surface area (Å²) in [5.41, 5.74) is 1.03. The van der Waals surface area contributed by atoms with Gasteiger partial charge in [0.2, 0.25) is 10.0 Å². The van der Waals surface area contributed by atoms with Crippen LogP contribution in [-0.4, -0.2) is 64.8 Å². The van der Waals surface area contributed by atoms with Crippen LogP contribution in [0.4, 0.5) is 0 Å². The number of guanidine groups is 1. The Kier molecular flexibility index (Phi) is 10.5. The number of hydrogen-bond acceptors (Lipinski definition) is 4. The molecule has 9 heteroatoms. The number of rotatable bonds is 11. The monoisotopic (exact) mass is 418 g/mol. The van der Waals surface area contributed by atoms with Gasteiger partial charge in [0.15, 0.2) is 5.96 Å². The summed E-state index contributed by atoms with van der Waals surface area (Å²) in [6.07, 6.45) is 1.42. The van der Waals surface area contributed by atoms with Gasteiger partial charge >= 0.3 is 0 Å². The molecule has 1 aromatic carbocycles. The van der Waals surface area contributed by atoms with Gasteiger partial charge in [-0.25, -0.2) is 12.7 Å². The summed E-state index contributed by atoms with van der Waals surface area (Å²) in [5.74, 6) is 1.56. The van der Waals surface area contributed by atoms with E-state index < -0.39 is 10.0 Å². The van der Waals surface area contributed by atoms with E-state index >= 15 is 0 Å². The van der Waals surface area contributed by atoms with Gasteiger partial charge in [0, 0.05) is 38.2 Å². The molecule has 0 heterocycles. The third-order valence-corrected chi connectivity index (χ3v) is 6.25. The van der Waals surface area contributed by atoms with Crippen LogP contribution in [0.3, 0.4) is 0 Å². The van der Waals surface area contributed by atoms with Gasteiger partial charge in [-0.15, -0.1) is 0 Å². The third kappa shape index (κ3) is 8.36. The first kappa shape index (κ1) is 23.5. The van der Waals surface area contributed by atoms with Crippen LogP contribution in [0.1, 0.15) is 25.8 Å². The van der Waals surface area contributed by atoms with Gasteiger partial charge in [-0.1, -0.05) is 17.7 Å². The molecule has 0 saturated heterocycles. The van der Waals surface area contributed by atoms with Crippen LogP contribution in [0.25, 0.3) is 0 Å². The van der Waals surface area contributed by atoms with Crippen molar-refractivity contribution in [1.82, 2.24) is 14.9 Å². The van der Waals surface area contributed by atoms with E-state index in [0.717, 1.165) is 24.3 Å². The van der Waals surface area contributed by atoms with Gasteiger partial charge in [-0.3, -0.25) is 4.99 Å². The van der Waals surface area contributed by atoms with Crippen molar-refractivity contribution in [2.45, 2.75) is 26.7 Å². The first-order valence-corrected chi connectivity index (χ1v) is 11.1. The smallest absolute Gasteiger partial charge is 0.213 e. The number of nitrogens with zero attached hydrogens (tertiary/aromatic N) is 2. The van der Waals surface area contributed by atoms with Crippen molar-refractivity contribution in [3.05, 3.63) is 28.8 Å². The summed E-state index contributed by atoms with van der Waals surface area (Å²) in [7, 11) is 0.0834. The molecule has 0 unspecified atom stereocenters. The number of benzene rings is 1. The summed E-state index contributed by atoms with van der Waals surface area (Å²) >= 11 is 6.26. The molecule has 0 saturated carbocycles. The highest BCUT2D eigenvalue weighted by atomic mass is 35.5. The van der Waals surface area contributed by atoms with E-state index in [1.165, 1.54) is 4.31 Å². The van der Waals surface area contributed by atoms with Crippen LogP contribution in [0.5, 0.6) is 5.75 Å². The van der Waals surface area contributed by atoms with Gasteiger partial charge in [0.25, 0.3) is 0 Å². The average Bonchev–Trinajstić information content (AvgIpc) is 2.65. The van der Waals surface area contributed by atoms with E-state index in [0.29, 0.717) is 37.0 Å². The maximum atomic E-state index is 11.7. The summed E-state index contributed by atoms with van der Waals surface area (Å²) in [5, 5.41) is 7.14. The number of methoxy groups -OCH3 is 1. The van der Waals surface area contributed by atoms with Crippen LogP contribution in [0.15, 0.2) is 23.2 Å². The van der Waals surface area contributed by atoms with E-state index in [2.05, 4.69) is 15.6 Å². The molecule has 0 radical (unpaired) electrons. The Morgan fingerprint density at radius 3 is 2.63 bits per heavy atom. The Bertz CT molecular complexity index is 711. The van der Waals surface area contributed by atoms with E-state index in [1.54, 1.807) is 27.1 Å². The highest BCUT2D eigenvalue weighted by molar-refractivity contribution is 7.89. The fraction of sp³-hybridized carbons (Fsp3) is 0.611. The second-order valence-electron chi connectivity index (χ2n) is 5.97. The molecule has 0 atom stereocenters. The Labute approximate surface area is 168 Å². The molecule has 0 aliphatic heterocycles. The quantitative estimate of drug-likeness (QED) is 0.326. The first-order valence-electron chi connectivity index (χ1n) is 9.12. The van der Waals surface area contributed by atoms with Gasteiger partial charge < -0.3 is 15.4 Å². The Morgan fingerprint density at radius 1 is 1.30 bits per heavy atom. The van der Waals surface area contributed by atoms with Crippen LogP contribution >= 0.6 is 11.6 Å². The summed E-state index contributed by atoms with van der Waals surface area (Å²) in [4.78, 5) is 4.49.